The molecule has 7 heteroatoms. The Kier molecular flexibility index (Phi) is 4.25. The normalized spacial score (nSPS) is 11.3. The number of hydrogen-bond acceptors (Lipinski definition) is 4. The molecule has 1 heterocycles. The van der Waals surface area contributed by atoms with Crippen LogP contribution in [0.15, 0.2) is 45.9 Å². The van der Waals surface area contributed by atoms with Crippen LogP contribution in [0.4, 0.5) is 5.69 Å². The van der Waals surface area contributed by atoms with E-state index < -0.39 is 10.0 Å². The molecule has 0 atom stereocenters. The first kappa shape index (κ1) is 14.7. The van der Waals surface area contributed by atoms with Crippen molar-refractivity contribution >= 4 is 27.3 Å². The maximum atomic E-state index is 12.4. The van der Waals surface area contributed by atoms with Crippen LogP contribution in [0.1, 0.15) is 5.76 Å². The molecule has 0 radical (unpaired) electrons. The number of rotatable bonds is 5. The number of halogens is 1. The fourth-order valence-electron chi connectivity index (χ4n) is 1.63. The zero-order chi connectivity index (χ0) is 14.8. The average molecular weight is 316 g/mol. The molecule has 20 heavy (non-hydrogen) atoms. The van der Waals surface area contributed by atoms with Gasteiger partial charge in [0.25, 0.3) is 10.0 Å². The van der Waals surface area contributed by atoms with Gasteiger partial charge in [-0.25, -0.2) is 0 Å². The lowest BCUT2D eigenvalue weighted by molar-refractivity contribution is 0.415. The quantitative estimate of drug-likeness (QED) is 0.796. The van der Waals surface area contributed by atoms with E-state index in [1.54, 1.807) is 37.4 Å². The largest absolute Gasteiger partial charge is 0.497 e. The van der Waals surface area contributed by atoms with Crippen molar-refractivity contribution in [2.45, 2.75) is 11.0 Å². The predicted octanol–water partition coefficient (Wildman–Crippen LogP) is 2.85. The summed E-state index contributed by atoms with van der Waals surface area (Å²) in [5.41, 5.74) is 0.509. The minimum atomic E-state index is -3.73. The Bertz CT molecular complexity index is 679. The Labute approximate surface area is 122 Å². The summed E-state index contributed by atoms with van der Waals surface area (Å²) in [5, 5.41) is -0.133. The third kappa shape index (κ3) is 2.76. The van der Waals surface area contributed by atoms with Crippen molar-refractivity contribution in [3.8, 4) is 5.75 Å². The number of alkyl halides is 1. The highest BCUT2D eigenvalue weighted by Gasteiger charge is 2.25. The lowest BCUT2D eigenvalue weighted by atomic mass is 10.3. The number of methoxy groups -OCH3 is 1. The summed E-state index contributed by atoms with van der Waals surface area (Å²) in [5.74, 6) is 1.19. The van der Waals surface area contributed by atoms with Crippen LogP contribution in [0.25, 0.3) is 0 Å². The molecule has 0 unspecified atom stereocenters. The van der Waals surface area contributed by atoms with E-state index in [0.717, 1.165) is 4.31 Å². The van der Waals surface area contributed by atoms with Crippen molar-refractivity contribution < 1.29 is 17.6 Å². The average Bonchev–Trinajstić information content (AvgIpc) is 2.96. The summed E-state index contributed by atoms with van der Waals surface area (Å²) in [7, 11) is -0.728. The standard InChI is InChI=1S/C13H14ClNO4S/c1-15(10-3-5-11(18-2)6-4-10)20(16,17)13-8-7-12(9-14)19-13/h3-8H,9H2,1-2H3. The monoisotopic (exact) mass is 315 g/mol. The second kappa shape index (κ2) is 5.76. The van der Waals surface area contributed by atoms with Gasteiger partial charge in [-0.15, -0.1) is 11.6 Å². The maximum absolute atomic E-state index is 12.4. The highest BCUT2D eigenvalue weighted by atomic mass is 35.5. The van der Waals surface area contributed by atoms with E-state index in [0.29, 0.717) is 17.2 Å². The first-order valence-electron chi connectivity index (χ1n) is 5.76. The van der Waals surface area contributed by atoms with E-state index in [-0.39, 0.29) is 11.0 Å². The molecule has 0 amide bonds. The number of benzene rings is 1. The summed E-state index contributed by atoms with van der Waals surface area (Å²) < 4.78 is 36.1. The molecule has 2 aromatic rings. The summed E-state index contributed by atoms with van der Waals surface area (Å²) in [6.07, 6.45) is 0. The smallest absolute Gasteiger partial charge is 0.297 e. The van der Waals surface area contributed by atoms with Crippen LogP contribution in [0.5, 0.6) is 5.75 Å². The third-order valence-electron chi connectivity index (χ3n) is 2.82. The van der Waals surface area contributed by atoms with Crippen molar-refractivity contribution in [1.82, 2.24) is 0 Å². The predicted molar refractivity (Wildman–Crippen MR) is 76.8 cm³/mol. The van der Waals surface area contributed by atoms with Gasteiger partial charge in [-0.3, -0.25) is 4.31 Å². The van der Waals surface area contributed by atoms with E-state index in [9.17, 15) is 8.42 Å². The molecule has 5 nitrogen and oxygen atoms in total. The summed E-state index contributed by atoms with van der Waals surface area (Å²) in [4.78, 5) is 0. The molecule has 0 spiro atoms. The van der Waals surface area contributed by atoms with Gasteiger partial charge in [0.05, 0.1) is 18.7 Å². The number of hydrogen-bond donors (Lipinski definition) is 0. The molecular formula is C13H14ClNO4S. The molecule has 0 aliphatic rings. The van der Waals surface area contributed by atoms with E-state index in [2.05, 4.69) is 0 Å². The SMILES string of the molecule is COc1ccc(N(C)S(=O)(=O)c2ccc(CCl)o2)cc1. The molecule has 0 saturated carbocycles. The molecule has 1 aromatic carbocycles. The van der Waals surface area contributed by atoms with Crippen molar-refractivity contribution in [3.63, 3.8) is 0 Å². The molecule has 0 saturated heterocycles. The van der Waals surface area contributed by atoms with Crippen molar-refractivity contribution in [2.75, 3.05) is 18.5 Å². The Balaban J connectivity index is 2.32. The molecule has 2 rings (SSSR count). The molecule has 0 bridgehead atoms. The Morgan fingerprint density at radius 2 is 1.85 bits per heavy atom. The van der Waals surface area contributed by atoms with Crippen molar-refractivity contribution in [3.05, 3.63) is 42.2 Å². The number of nitrogens with zero attached hydrogens (tertiary/aromatic N) is 1. The molecular weight excluding hydrogens is 302 g/mol. The van der Waals surface area contributed by atoms with Gasteiger partial charge in [0, 0.05) is 7.05 Å². The lowest BCUT2D eigenvalue weighted by Crippen LogP contribution is -2.26. The van der Waals surface area contributed by atoms with Gasteiger partial charge < -0.3 is 9.15 Å². The van der Waals surface area contributed by atoms with Gasteiger partial charge in [-0.2, -0.15) is 8.42 Å². The molecule has 108 valence electrons. The first-order valence-corrected chi connectivity index (χ1v) is 7.74. The molecule has 0 fully saturated rings. The van der Waals surface area contributed by atoms with Crippen LogP contribution < -0.4 is 9.04 Å². The summed E-state index contributed by atoms with van der Waals surface area (Å²) in [6.45, 7) is 0. The van der Waals surface area contributed by atoms with Gasteiger partial charge in [0.1, 0.15) is 11.5 Å². The Morgan fingerprint density at radius 3 is 2.35 bits per heavy atom. The fraction of sp³-hybridized carbons (Fsp3) is 0.231. The molecule has 0 aliphatic carbocycles. The Hall–Kier alpha value is -1.66. The number of furan rings is 1. The topological polar surface area (TPSA) is 59.8 Å². The number of anilines is 1. The molecule has 0 N–H and O–H groups in total. The summed E-state index contributed by atoms with van der Waals surface area (Å²) in [6, 6.07) is 9.62. The highest BCUT2D eigenvalue weighted by Crippen LogP contribution is 2.25. The number of ether oxygens (including phenoxy) is 1. The minimum Gasteiger partial charge on any atom is -0.497 e. The first-order chi connectivity index (χ1) is 9.48. The highest BCUT2D eigenvalue weighted by molar-refractivity contribution is 7.92. The summed E-state index contributed by atoms with van der Waals surface area (Å²) >= 11 is 5.60. The van der Waals surface area contributed by atoms with E-state index >= 15 is 0 Å². The fourth-order valence-corrected chi connectivity index (χ4v) is 2.90. The van der Waals surface area contributed by atoms with Gasteiger partial charge in [0.2, 0.25) is 5.09 Å². The van der Waals surface area contributed by atoms with Crippen molar-refractivity contribution in [2.24, 2.45) is 0 Å². The molecule has 1 aromatic heterocycles. The van der Waals surface area contributed by atoms with E-state index in [1.165, 1.54) is 13.1 Å². The van der Waals surface area contributed by atoms with Crippen LogP contribution in [0.3, 0.4) is 0 Å². The van der Waals surface area contributed by atoms with Crippen LogP contribution in [-0.2, 0) is 15.9 Å². The van der Waals surface area contributed by atoms with Gasteiger partial charge >= 0.3 is 0 Å². The lowest BCUT2D eigenvalue weighted by Gasteiger charge is -2.18. The van der Waals surface area contributed by atoms with Crippen molar-refractivity contribution in [1.29, 1.82) is 0 Å². The van der Waals surface area contributed by atoms with Crippen LogP contribution in [0, 0.1) is 0 Å². The van der Waals surface area contributed by atoms with Gasteiger partial charge in [-0.1, -0.05) is 0 Å². The Morgan fingerprint density at radius 1 is 1.20 bits per heavy atom. The van der Waals surface area contributed by atoms with Gasteiger partial charge in [-0.05, 0) is 36.4 Å². The second-order valence-corrected chi connectivity index (χ2v) is 6.19. The molecule has 0 aliphatic heterocycles. The van der Waals surface area contributed by atoms with E-state index in [1.807, 2.05) is 0 Å². The number of sulfonamides is 1. The zero-order valence-electron chi connectivity index (χ0n) is 11.0. The second-order valence-electron chi connectivity index (χ2n) is 4.02. The third-order valence-corrected chi connectivity index (χ3v) is 4.74. The van der Waals surface area contributed by atoms with Crippen LogP contribution in [-0.4, -0.2) is 22.6 Å². The minimum absolute atomic E-state index is 0.127. The zero-order valence-corrected chi connectivity index (χ0v) is 12.6. The van der Waals surface area contributed by atoms with Gasteiger partial charge in [0.15, 0.2) is 0 Å². The van der Waals surface area contributed by atoms with Crippen LogP contribution >= 0.6 is 11.6 Å². The van der Waals surface area contributed by atoms with E-state index in [4.69, 9.17) is 20.8 Å². The maximum Gasteiger partial charge on any atom is 0.297 e. The van der Waals surface area contributed by atoms with Crippen LogP contribution in [0.2, 0.25) is 0 Å².